The van der Waals surface area contributed by atoms with Crippen LogP contribution in [0.1, 0.15) is 11.4 Å². The first-order chi connectivity index (χ1) is 8.99. The molecule has 0 spiro atoms. The van der Waals surface area contributed by atoms with E-state index in [1.165, 1.54) is 19.1 Å². The van der Waals surface area contributed by atoms with Crippen LogP contribution in [0.4, 0.5) is 4.39 Å². The highest BCUT2D eigenvalue weighted by molar-refractivity contribution is 7.89. The first kappa shape index (κ1) is 13.6. The van der Waals surface area contributed by atoms with Crippen LogP contribution < -0.4 is 4.72 Å². The van der Waals surface area contributed by atoms with Gasteiger partial charge in [-0.2, -0.15) is 5.21 Å². The smallest absolute Gasteiger partial charge is 0.211 e. The third-order valence-electron chi connectivity index (χ3n) is 2.46. The summed E-state index contributed by atoms with van der Waals surface area (Å²) in [5.74, 6) is -0.0539. The maximum atomic E-state index is 12.9. The van der Waals surface area contributed by atoms with Gasteiger partial charge in [-0.1, -0.05) is 5.21 Å². The van der Waals surface area contributed by atoms with Crippen LogP contribution in [-0.4, -0.2) is 35.6 Å². The largest absolute Gasteiger partial charge is 0.240 e. The molecule has 2 aromatic rings. The lowest BCUT2D eigenvalue weighted by atomic mass is 10.2. The summed E-state index contributed by atoms with van der Waals surface area (Å²) >= 11 is 0. The first-order valence-electron chi connectivity index (χ1n) is 5.47. The van der Waals surface area contributed by atoms with E-state index < -0.39 is 15.8 Å². The first-order valence-corrected chi connectivity index (χ1v) is 6.95. The molecular weight excluding hydrogens is 273 g/mol. The van der Waals surface area contributed by atoms with Crippen LogP contribution in [0, 0.1) is 12.7 Å². The molecule has 0 radical (unpaired) electrons. The molecule has 0 bridgehead atoms. The van der Waals surface area contributed by atoms with E-state index in [4.69, 9.17) is 0 Å². The Hall–Kier alpha value is -1.87. The van der Waals surface area contributed by atoms with Crippen molar-refractivity contribution in [1.29, 1.82) is 0 Å². The Morgan fingerprint density at radius 3 is 2.84 bits per heavy atom. The molecule has 1 aromatic heterocycles. The second kappa shape index (κ2) is 5.41. The fourth-order valence-electron chi connectivity index (χ4n) is 1.58. The van der Waals surface area contributed by atoms with Crippen molar-refractivity contribution in [1.82, 2.24) is 25.3 Å². The predicted molar refractivity (Wildman–Crippen MR) is 64.2 cm³/mol. The van der Waals surface area contributed by atoms with Crippen LogP contribution in [0.5, 0.6) is 0 Å². The topological polar surface area (TPSA) is 101 Å². The van der Waals surface area contributed by atoms with Crippen molar-refractivity contribution >= 4 is 10.0 Å². The van der Waals surface area contributed by atoms with Gasteiger partial charge in [0.15, 0.2) is 5.82 Å². The summed E-state index contributed by atoms with van der Waals surface area (Å²) in [6.07, 6.45) is 0.315. The van der Waals surface area contributed by atoms with Gasteiger partial charge >= 0.3 is 0 Å². The number of benzene rings is 1. The third-order valence-corrected chi connectivity index (χ3v) is 4.08. The fourth-order valence-corrected chi connectivity index (χ4v) is 2.83. The van der Waals surface area contributed by atoms with Gasteiger partial charge in [-0.3, -0.25) is 0 Å². The molecule has 2 N–H and O–H groups in total. The molecule has 2 rings (SSSR count). The van der Waals surface area contributed by atoms with Gasteiger partial charge in [0.05, 0.1) is 4.90 Å². The average Bonchev–Trinajstić information content (AvgIpc) is 2.81. The molecule has 0 saturated carbocycles. The zero-order valence-electron chi connectivity index (χ0n) is 10.1. The Bertz CT molecular complexity index is 657. The summed E-state index contributed by atoms with van der Waals surface area (Å²) in [6.45, 7) is 1.68. The second-order valence-corrected chi connectivity index (χ2v) is 5.62. The van der Waals surface area contributed by atoms with E-state index in [1.807, 2.05) is 0 Å². The molecule has 0 aliphatic carbocycles. The van der Waals surface area contributed by atoms with E-state index in [1.54, 1.807) is 0 Å². The van der Waals surface area contributed by atoms with E-state index in [0.29, 0.717) is 17.8 Å². The molecule has 1 aromatic carbocycles. The molecule has 7 nitrogen and oxygen atoms in total. The zero-order valence-corrected chi connectivity index (χ0v) is 10.9. The number of aryl methyl sites for hydroxylation is 1. The van der Waals surface area contributed by atoms with Crippen molar-refractivity contribution in [3.8, 4) is 0 Å². The second-order valence-electron chi connectivity index (χ2n) is 3.89. The maximum absolute atomic E-state index is 12.9. The maximum Gasteiger partial charge on any atom is 0.240 e. The van der Waals surface area contributed by atoms with Crippen LogP contribution in [0.25, 0.3) is 0 Å². The van der Waals surface area contributed by atoms with Gasteiger partial charge in [0.2, 0.25) is 10.0 Å². The summed E-state index contributed by atoms with van der Waals surface area (Å²) in [7, 11) is -3.66. The quantitative estimate of drug-likeness (QED) is 0.815. The molecule has 9 heteroatoms. The van der Waals surface area contributed by atoms with Crippen molar-refractivity contribution in [2.75, 3.05) is 6.54 Å². The average molecular weight is 285 g/mol. The van der Waals surface area contributed by atoms with E-state index in [2.05, 4.69) is 25.3 Å². The van der Waals surface area contributed by atoms with Gasteiger partial charge in [-0.15, -0.1) is 10.2 Å². The number of aromatic nitrogens is 4. The Morgan fingerprint density at radius 1 is 1.42 bits per heavy atom. The number of hydrogen-bond donors (Lipinski definition) is 2. The van der Waals surface area contributed by atoms with Crippen molar-refractivity contribution in [2.45, 2.75) is 18.2 Å². The summed E-state index contributed by atoms with van der Waals surface area (Å²) in [6, 6.07) is 3.52. The predicted octanol–water partition coefficient (Wildman–Crippen LogP) is 0.168. The Kier molecular flexibility index (Phi) is 3.86. The number of aromatic amines is 1. The SMILES string of the molecule is Cc1cc(F)ccc1S(=O)(=O)NCCc1nn[nH]n1. The molecule has 0 aliphatic rings. The van der Waals surface area contributed by atoms with E-state index in [0.717, 1.165) is 6.07 Å². The Labute approximate surface area is 109 Å². The number of halogens is 1. The Balaban J connectivity index is 2.05. The summed E-state index contributed by atoms with van der Waals surface area (Å²) in [5, 5.41) is 13.1. The van der Waals surface area contributed by atoms with E-state index in [-0.39, 0.29) is 11.4 Å². The number of H-pyrrole nitrogens is 1. The highest BCUT2D eigenvalue weighted by Gasteiger charge is 2.16. The number of sulfonamides is 1. The van der Waals surface area contributed by atoms with Crippen LogP contribution in [0.15, 0.2) is 23.1 Å². The van der Waals surface area contributed by atoms with Gasteiger partial charge in [0.25, 0.3) is 0 Å². The van der Waals surface area contributed by atoms with Crippen LogP contribution in [0.3, 0.4) is 0 Å². The molecule has 0 saturated heterocycles. The molecule has 102 valence electrons. The monoisotopic (exact) mass is 285 g/mol. The molecule has 0 amide bonds. The minimum Gasteiger partial charge on any atom is -0.211 e. The Morgan fingerprint density at radius 2 is 2.21 bits per heavy atom. The minimum atomic E-state index is -3.66. The molecule has 1 heterocycles. The van der Waals surface area contributed by atoms with Crippen molar-refractivity contribution < 1.29 is 12.8 Å². The lowest BCUT2D eigenvalue weighted by Gasteiger charge is -2.08. The number of tetrazole rings is 1. The number of nitrogens with one attached hydrogen (secondary N) is 2. The highest BCUT2D eigenvalue weighted by Crippen LogP contribution is 2.15. The van der Waals surface area contributed by atoms with Crippen molar-refractivity contribution in [3.05, 3.63) is 35.4 Å². The van der Waals surface area contributed by atoms with Crippen LogP contribution in [-0.2, 0) is 16.4 Å². The summed E-state index contributed by atoms with van der Waals surface area (Å²) < 4.78 is 39.3. The van der Waals surface area contributed by atoms with Crippen molar-refractivity contribution in [3.63, 3.8) is 0 Å². The fraction of sp³-hybridized carbons (Fsp3) is 0.300. The zero-order chi connectivity index (χ0) is 13.9. The van der Waals surface area contributed by atoms with Gasteiger partial charge < -0.3 is 0 Å². The van der Waals surface area contributed by atoms with Gasteiger partial charge in [0.1, 0.15) is 5.82 Å². The highest BCUT2D eigenvalue weighted by atomic mass is 32.2. The summed E-state index contributed by atoms with van der Waals surface area (Å²) in [5.41, 5.74) is 0.354. The van der Waals surface area contributed by atoms with Gasteiger partial charge in [-0.05, 0) is 30.7 Å². The molecular formula is C10H12FN5O2S. The summed E-state index contributed by atoms with van der Waals surface area (Å²) in [4.78, 5) is 0.0574. The van der Waals surface area contributed by atoms with E-state index >= 15 is 0 Å². The number of rotatable bonds is 5. The normalized spacial score (nSPS) is 11.7. The van der Waals surface area contributed by atoms with Crippen LogP contribution >= 0.6 is 0 Å². The molecule has 0 atom stereocenters. The van der Waals surface area contributed by atoms with Gasteiger partial charge in [0, 0.05) is 13.0 Å². The molecule has 0 fully saturated rings. The van der Waals surface area contributed by atoms with Crippen molar-refractivity contribution in [2.24, 2.45) is 0 Å². The van der Waals surface area contributed by atoms with E-state index in [9.17, 15) is 12.8 Å². The number of nitrogens with zero attached hydrogens (tertiary/aromatic N) is 3. The van der Waals surface area contributed by atoms with Gasteiger partial charge in [-0.25, -0.2) is 17.5 Å². The standard InChI is InChI=1S/C10H12FN5O2S/c1-7-6-8(11)2-3-9(7)19(17,18)12-5-4-10-13-15-16-14-10/h2-3,6,12H,4-5H2,1H3,(H,13,14,15,16). The lowest BCUT2D eigenvalue weighted by Crippen LogP contribution is -2.27. The molecule has 19 heavy (non-hydrogen) atoms. The minimum absolute atomic E-state index is 0.0574. The molecule has 0 unspecified atom stereocenters. The number of hydrogen-bond acceptors (Lipinski definition) is 5. The van der Waals surface area contributed by atoms with Crippen LogP contribution in [0.2, 0.25) is 0 Å². The lowest BCUT2D eigenvalue weighted by molar-refractivity contribution is 0.579. The third kappa shape index (κ3) is 3.32. The molecule has 0 aliphatic heterocycles.